The first-order valence-electron chi connectivity index (χ1n) is 5.94. The monoisotopic (exact) mass is 313 g/mol. The summed E-state index contributed by atoms with van der Waals surface area (Å²) in [6.45, 7) is 3.49. The Kier molecular flexibility index (Phi) is 3.80. The summed E-state index contributed by atoms with van der Waals surface area (Å²) in [5.74, 6) is 0.130. The summed E-state index contributed by atoms with van der Waals surface area (Å²) >= 11 is 3.57. The fourth-order valence-corrected chi connectivity index (χ4v) is 2.69. The quantitative estimate of drug-likeness (QED) is 0.782. The molecule has 1 aliphatic heterocycles. The van der Waals surface area contributed by atoms with Crippen LogP contribution < -0.4 is 0 Å². The molecule has 0 bridgehead atoms. The molecule has 0 radical (unpaired) electrons. The Bertz CT molecular complexity index is 464. The molecule has 1 fully saturated rings. The van der Waals surface area contributed by atoms with E-state index >= 15 is 0 Å². The summed E-state index contributed by atoms with van der Waals surface area (Å²) in [5, 5.41) is 18.9. The summed E-state index contributed by atoms with van der Waals surface area (Å²) in [7, 11) is 0. The van der Waals surface area contributed by atoms with Crippen LogP contribution in [0.5, 0.6) is 11.5 Å². The van der Waals surface area contributed by atoms with Gasteiger partial charge in [-0.25, -0.2) is 0 Å². The minimum Gasteiger partial charge on any atom is -0.508 e. The molecule has 2 atom stereocenters. The van der Waals surface area contributed by atoms with Gasteiger partial charge in [0.05, 0.1) is 5.56 Å². The molecule has 1 aromatic rings. The molecular formula is C13H16BrNO3. The van der Waals surface area contributed by atoms with Gasteiger partial charge >= 0.3 is 0 Å². The van der Waals surface area contributed by atoms with Crippen LogP contribution in [0.1, 0.15) is 23.7 Å². The van der Waals surface area contributed by atoms with E-state index in [2.05, 4.69) is 22.9 Å². The zero-order valence-corrected chi connectivity index (χ0v) is 11.7. The van der Waals surface area contributed by atoms with Gasteiger partial charge in [-0.3, -0.25) is 4.79 Å². The van der Waals surface area contributed by atoms with E-state index in [1.165, 1.54) is 18.2 Å². The maximum Gasteiger partial charge on any atom is 0.257 e. The Morgan fingerprint density at radius 3 is 2.78 bits per heavy atom. The maximum absolute atomic E-state index is 12.2. The number of benzene rings is 1. The highest BCUT2D eigenvalue weighted by Crippen LogP contribution is 2.28. The van der Waals surface area contributed by atoms with E-state index in [4.69, 9.17) is 0 Å². The van der Waals surface area contributed by atoms with Crippen molar-refractivity contribution >= 4 is 21.8 Å². The number of halogens is 1. The number of likely N-dealkylation sites (tertiary alicyclic amines) is 1. The van der Waals surface area contributed by atoms with Crippen molar-refractivity contribution in [3.05, 3.63) is 23.8 Å². The second-order valence-electron chi connectivity index (χ2n) is 4.73. The summed E-state index contributed by atoms with van der Waals surface area (Å²) in [6.07, 6.45) is 0.945. The molecule has 1 aromatic carbocycles. The molecule has 4 nitrogen and oxygen atoms in total. The maximum atomic E-state index is 12.2. The SMILES string of the molecule is CC1CCN(C(=O)c2ccc(O)cc2O)CC1Br. The number of hydrogen-bond donors (Lipinski definition) is 2. The normalized spacial score (nSPS) is 24.0. The van der Waals surface area contributed by atoms with Crippen molar-refractivity contribution in [2.75, 3.05) is 13.1 Å². The Morgan fingerprint density at radius 1 is 1.44 bits per heavy atom. The zero-order valence-electron chi connectivity index (χ0n) is 10.1. The lowest BCUT2D eigenvalue weighted by Crippen LogP contribution is -2.43. The van der Waals surface area contributed by atoms with Crippen LogP contribution in [0.3, 0.4) is 0 Å². The highest BCUT2D eigenvalue weighted by atomic mass is 79.9. The van der Waals surface area contributed by atoms with E-state index in [1.807, 2.05) is 0 Å². The van der Waals surface area contributed by atoms with Gasteiger partial charge in [-0.2, -0.15) is 0 Å². The van der Waals surface area contributed by atoms with Crippen molar-refractivity contribution in [2.24, 2.45) is 5.92 Å². The number of piperidine rings is 1. The van der Waals surface area contributed by atoms with Gasteiger partial charge in [-0.15, -0.1) is 0 Å². The van der Waals surface area contributed by atoms with E-state index in [9.17, 15) is 15.0 Å². The third-order valence-electron chi connectivity index (χ3n) is 3.37. The van der Waals surface area contributed by atoms with Gasteiger partial charge in [0.2, 0.25) is 0 Å². The molecule has 2 unspecified atom stereocenters. The smallest absolute Gasteiger partial charge is 0.257 e. The number of nitrogens with zero attached hydrogens (tertiary/aromatic N) is 1. The first-order chi connectivity index (χ1) is 8.49. The average molecular weight is 314 g/mol. The van der Waals surface area contributed by atoms with Crippen LogP contribution in [0.2, 0.25) is 0 Å². The van der Waals surface area contributed by atoms with Gasteiger partial charge in [-0.1, -0.05) is 22.9 Å². The van der Waals surface area contributed by atoms with E-state index in [-0.39, 0.29) is 27.8 Å². The molecule has 2 rings (SSSR count). The molecule has 1 aliphatic rings. The van der Waals surface area contributed by atoms with Crippen molar-refractivity contribution in [1.29, 1.82) is 0 Å². The van der Waals surface area contributed by atoms with Crippen molar-refractivity contribution in [3.63, 3.8) is 0 Å². The van der Waals surface area contributed by atoms with Crippen LogP contribution in [-0.4, -0.2) is 38.9 Å². The number of phenols is 2. The highest BCUT2D eigenvalue weighted by molar-refractivity contribution is 9.09. The van der Waals surface area contributed by atoms with Gasteiger partial charge in [-0.05, 0) is 24.5 Å². The molecule has 1 heterocycles. The predicted octanol–water partition coefficient (Wildman–Crippen LogP) is 2.34. The molecule has 2 N–H and O–H groups in total. The van der Waals surface area contributed by atoms with Crippen molar-refractivity contribution in [2.45, 2.75) is 18.2 Å². The highest BCUT2D eigenvalue weighted by Gasteiger charge is 2.28. The van der Waals surface area contributed by atoms with Crippen LogP contribution >= 0.6 is 15.9 Å². The summed E-state index contributed by atoms with van der Waals surface area (Å²) in [6, 6.07) is 4.05. The van der Waals surface area contributed by atoms with Crippen molar-refractivity contribution in [1.82, 2.24) is 4.90 Å². The lowest BCUT2D eigenvalue weighted by Gasteiger charge is -2.34. The average Bonchev–Trinajstić information content (AvgIpc) is 2.32. The second-order valence-corrected chi connectivity index (χ2v) is 5.91. The van der Waals surface area contributed by atoms with Gasteiger partial charge in [0, 0.05) is 24.0 Å². The predicted molar refractivity (Wildman–Crippen MR) is 72.2 cm³/mol. The number of phenolic OH excluding ortho intramolecular Hbond substituents is 2. The van der Waals surface area contributed by atoms with Crippen molar-refractivity contribution in [3.8, 4) is 11.5 Å². The summed E-state index contributed by atoms with van der Waals surface area (Å²) < 4.78 is 0. The van der Waals surface area contributed by atoms with Gasteiger partial charge in [0.15, 0.2) is 0 Å². The molecule has 0 spiro atoms. The lowest BCUT2D eigenvalue weighted by molar-refractivity contribution is 0.0703. The summed E-state index contributed by atoms with van der Waals surface area (Å²) in [5.41, 5.74) is 0.238. The number of carbonyl (C=O) groups is 1. The van der Waals surface area contributed by atoms with Gasteiger partial charge in [0.25, 0.3) is 5.91 Å². The van der Waals surface area contributed by atoms with E-state index < -0.39 is 0 Å². The number of hydrogen-bond acceptors (Lipinski definition) is 3. The van der Waals surface area contributed by atoms with Crippen LogP contribution in [0.4, 0.5) is 0 Å². The molecule has 1 amide bonds. The number of aromatic hydroxyl groups is 2. The Labute approximate surface area is 114 Å². The second kappa shape index (κ2) is 5.18. The number of carbonyl (C=O) groups excluding carboxylic acids is 1. The molecule has 1 saturated heterocycles. The number of alkyl halides is 1. The Balaban J connectivity index is 2.16. The first kappa shape index (κ1) is 13.2. The topological polar surface area (TPSA) is 60.8 Å². The molecule has 0 aromatic heterocycles. The van der Waals surface area contributed by atoms with Crippen LogP contribution in [-0.2, 0) is 0 Å². The molecule has 0 aliphatic carbocycles. The summed E-state index contributed by atoms with van der Waals surface area (Å²) in [4.78, 5) is 14.3. The Hall–Kier alpha value is -1.23. The standard InChI is InChI=1S/C13H16BrNO3/c1-8-4-5-15(7-11(8)14)13(18)10-3-2-9(16)6-12(10)17/h2-3,6,8,11,16-17H,4-5,7H2,1H3. The van der Waals surface area contributed by atoms with E-state index in [0.29, 0.717) is 19.0 Å². The molecule has 98 valence electrons. The lowest BCUT2D eigenvalue weighted by atomic mass is 9.98. The number of amides is 1. The Morgan fingerprint density at radius 2 is 2.17 bits per heavy atom. The van der Waals surface area contributed by atoms with Crippen LogP contribution in [0.15, 0.2) is 18.2 Å². The van der Waals surface area contributed by atoms with Crippen LogP contribution in [0.25, 0.3) is 0 Å². The largest absolute Gasteiger partial charge is 0.508 e. The number of rotatable bonds is 1. The minimum atomic E-state index is -0.191. The fraction of sp³-hybridized carbons (Fsp3) is 0.462. The fourth-order valence-electron chi connectivity index (χ4n) is 2.08. The zero-order chi connectivity index (χ0) is 13.3. The molecule has 5 heteroatoms. The van der Waals surface area contributed by atoms with Crippen molar-refractivity contribution < 1.29 is 15.0 Å². The molecule has 18 heavy (non-hydrogen) atoms. The third-order valence-corrected chi connectivity index (χ3v) is 4.56. The first-order valence-corrected chi connectivity index (χ1v) is 6.86. The van der Waals surface area contributed by atoms with Gasteiger partial charge in [0.1, 0.15) is 11.5 Å². The van der Waals surface area contributed by atoms with Gasteiger partial charge < -0.3 is 15.1 Å². The third kappa shape index (κ3) is 2.61. The van der Waals surface area contributed by atoms with E-state index in [1.54, 1.807) is 4.90 Å². The minimum absolute atomic E-state index is 0.0466. The molecule has 0 saturated carbocycles. The molecular weight excluding hydrogens is 298 g/mol. The van der Waals surface area contributed by atoms with E-state index in [0.717, 1.165) is 6.42 Å². The van der Waals surface area contributed by atoms with Crippen LogP contribution in [0, 0.1) is 5.92 Å².